The van der Waals surface area contributed by atoms with Crippen molar-refractivity contribution in [2.45, 2.75) is 39.0 Å². The number of carbonyl (C=O) groups is 1. The fraction of sp³-hybridized carbons (Fsp3) is 0.391. The largest absolute Gasteiger partial charge is 0.484 e. The fourth-order valence-corrected chi connectivity index (χ4v) is 2.74. The molecule has 0 fully saturated rings. The summed E-state index contributed by atoms with van der Waals surface area (Å²) in [5, 5.41) is 8.86. The highest BCUT2D eigenvalue weighted by Gasteiger charge is 2.15. The van der Waals surface area contributed by atoms with Crippen LogP contribution in [0.25, 0.3) is 0 Å². The van der Waals surface area contributed by atoms with E-state index in [4.69, 9.17) is 10.00 Å². The van der Waals surface area contributed by atoms with Crippen molar-refractivity contribution in [1.82, 2.24) is 4.90 Å². The molecule has 0 aliphatic carbocycles. The van der Waals surface area contributed by atoms with Crippen LogP contribution in [0.15, 0.2) is 54.6 Å². The molecule has 0 spiro atoms. The molecule has 0 radical (unpaired) electrons. The molecule has 0 saturated heterocycles. The SMILES string of the molecule is CC(C)(C)c1ccc(OCC(=O)N(CCC#N)CCc2ccccc2)cc1. The van der Waals surface area contributed by atoms with Crippen LogP contribution in [0.1, 0.15) is 38.3 Å². The zero-order chi connectivity index (χ0) is 19.7. The van der Waals surface area contributed by atoms with E-state index in [9.17, 15) is 4.79 Å². The summed E-state index contributed by atoms with van der Waals surface area (Å²) < 4.78 is 5.67. The zero-order valence-corrected chi connectivity index (χ0v) is 16.4. The third-order valence-electron chi connectivity index (χ3n) is 4.44. The second-order valence-corrected chi connectivity index (χ2v) is 7.59. The number of nitriles is 1. The highest BCUT2D eigenvalue weighted by atomic mass is 16.5. The minimum Gasteiger partial charge on any atom is -0.484 e. The van der Waals surface area contributed by atoms with Crippen molar-refractivity contribution in [2.24, 2.45) is 0 Å². The number of hydrogen-bond acceptors (Lipinski definition) is 3. The molecule has 0 aliphatic rings. The molecule has 2 rings (SSSR count). The number of carbonyl (C=O) groups excluding carboxylic acids is 1. The van der Waals surface area contributed by atoms with E-state index in [1.807, 2.05) is 54.6 Å². The maximum Gasteiger partial charge on any atom is 0.260 e. The van der Waals surface area contributed by atoms with Gasteiger partial charge in [-0.05, 0) is 35.1 Å². The monoisotopic (exact) mass is 364 g/mol. The van der Waals surface area contributed by atoms with Crippen LogP contribution >= 0.6 is 0 Å². The maximum atomic E-state index is 12.6. The lowest BCUT2D eigenvalue weighted by Gasteiger charge is -2.22. The van der Waals surface area contributed by atoms with E-state index >= 15 is 0 Å². The molecular formula is C23H28N2O2. The van der Waals surface area contributed by atoms with Crippen LogP contribution in [0.4, 0.5) is 0 Å². The first kappa shape index (κ1) is 20.5. The van der Waals surface area contributed by atoms with Gasteiger partial charge in [-0.15, -0.1) is 0 Å². The van der Waals surface area contributed by atoms with Crippen molar-refractivity contribution in [1.29, 1.82) is 5.26 Å². The Hall–Kier alpha value is -2.80. The summed E-state index contributed by atoms with van der Waals surface area (Å²) in [6, 6.07) is 20.0. The number of nitrogens with zero attached hydrogens (tertiary/aromatic N) is 2. The van der Waals surface area contributed by atoms with Gasteiger partial charge in [-0.1, -0.05) is 63.2 Å². The Balaban J connectivity index is 1.91. The lowest BCUT2D eigenvalue weighted by molar-refractivity contribution is -0.133. The molecule has 142 valence electrons. The lowest BCUT2D eigenvalue weighted by atomic mass is 9.87. The van der Waals surface area contributed by atoms with Crippen LogP contribution in [0.2, 0.25) is 0 Å². The van der Waals surface area contributed by atoms with Crippen molar-refractivity contribution in [3.8, 4) is 11.8 Å². The Morgan fingerprint density at radius 2 is 1.70 bits per heavy atom. The Labute approximate surface area is 162 Å². The van der Waals surface area contributed by atoms with Gasteiger partial charge in [0.05, 0.1) is 12.5 Å². The van der Waals surface area contributed by atoms with Gasteiger partial charge in [-0.3, -0.25) is 4.79 Å². The molecule has 0 unspecified atom stereocenters. The molecule has 1 amide bonds. The summed E-state index contributed by atoms with van der Waals surface area (Å²) in [6.07, 6.45) is 1.08. The molecule has 0 saturated carbocycles. The van der Waals surface area contributed by atoms with E-state index in [2.05, 4.69) is 26.8 Å². The standard InChI is InChI=1S/C23H28N2O2/c1-23(2,3)20-10-12-21(13-11-20)27-18-22(26)25(16-7-15-24)17-14-19-8-5-4-6-9-19/h4-6,8-13H,7,14,16-18H2,1-3H3. The van der Waals surface area contributed by atoms with E-state index in [0.29, 0.717) is 25.3 Å². The van der Waals surface area contributed by atoms with Crippen molar-refractivity contribution in [2.75, 3.05) is 19.7 Å². The van der Waals surface area contributed by atoms with Gasteiger partial charge < -0.3 is 9.64 Å². The first-order valence-electron chi connectivity index (χ1n) is 9.32. The molecule has 0 N–H and O–H groups in total. The molecule has 2 aromatic carbocycles. The first-order chi connectivity index (χ1) is 12.9. The molecule has 2 aromatic rings. The summed E-state index contributed by atoms with van der Waals surface area (Å²) in [4.78, 5) is 14.3. The average Bonchev–Trinajstić information content (AvgIpc) is 2.66. The lowest BCUT2D eigenvalue weighted by Crippen LogP contribution is -2.37. The van der Waals surface area contributed by atoms with E-state index in [1.165, 1.54) is 11.1 Å². The fourth-order valence-electron chi connectivity index (χ4n) is 2.74. The van der Waals surface area contributed by atoms with E-state index < -0.39 is 0 Å². The van der Waals surface area contributed by atoms with E-state index in [1.54, 1.807) is 4.90 Å². The van der Waals surface area contributed by atoms with Gasteiger partial charge in [0.1, 0.15) is 5.75 Å². The van der Waals surface area contributed by atoms with Crippen molar-refractivity contribution >= 4 is 5.91 Å². The van der Waals surface area contributed by atoms with Crippen molar-refractivity contribution in [3.05, 3.63) is 65.7 Å². The second kappa shape index (κ2) is 9.78. The molecule has 0 atom stereocenters. The second-order valence-electron chi connectivity index (χ2n) is 7.59. The minimum atomic E-state index is -0.0962. The quantitative estimate of drug-likeness (QED) is 0.700. The molecule has 4 heteroatoms. The number of amides is 1. The van der Waals surface area contributed by atoms with Gasteiger partial charge in [-0.2, -0.15) is 5.26 Å². The van der Waals surface area contributed by atoms with Gasteiger partial charge >= 0.3 is 0 Å². The number of benzene rings is 2. The zero-order valence-electron chi connectivity index (χ0n) is 16.4. The summed E-state index contributed by atoms with van der Waals surface area (Å²) >= 11 is 0. The van der Waals surface area contributed by atoms with Crippen LogP contribution in [0.5, 0.6) is 5.75 Å². The normalized spacial score (nSPS) is 10.9. The van der Waals surface area contributed by atoms with Crippen LogP contribution in [-0.2, 0) is 16.6 Å². The summed E-state index contributed by atoms with van der Waals surface area (Å²) in [7, 11) is 0. The number of ether oxygens (including phenoxy) is 1. The highest BCUT2D eigenvalue weighted by molar-refractivity contribution is 5.77. The predicted octanol–water partition coefficient (Wildman–Crippen LogP) is 4.35. The Bertz CT molecular complexity index is 756. The Morgan fingerprint density at radius 1 is 1.04 bits per heavy atom. The third kappa shape index (κ3) is 6.79. The van der Waals surface area contributed by atoms with Gasteiger partial charge in [0.15, 0.2) is 6.61 Å². The number of hydrogen-bond donors (Lipinski definition) is 0. The highest BCUT2D eigenvalue weighted by Crippen LogP contribution is 2.24. The van der Waals surface area contributed by atoms with Gasteiger partial charge in [-0.25, -0.2) is 0 Å². The van der Waals surface area contributed by atoms with Gasteiger partial charge in [0.25, 0.3) is 5.91 Å². The molecule has 0 aromatic heterocycles. The van der Waals surface area contributed by atoms with Crippen LogP contribution in [0, 0.1) is 11.3 Å². The first-order valence-corrected chi connectivity index (χ1v) is 9.32. The third-order valence-corrected chi connectivity index (χ3v) is 4.44. The Kier molecular flexibility index (Phi) is 7.43. The van der Waals surface area contributed by atoms with Crippen LogP contribution < -0.4 is 4.74 Å². The summed E-state index contributed by atoms with van der Waals surface area (Å²) in [6.45, 7) is 7.46. The van der Waals surface area contributed by atoms with E-state index in [-0.39, 0.29) is 17.9 Å². The Morgan fingerprint density at radius 3 is 2.30 bits per heavy atom. The van der Waals surface area contributed by atoms with Gasteiger partial charge in [0, 0.05) is 13.1 Å². The molecular weight excluding hydrogens is 336 g/mol. The smallest absolute Gasteiger partial charge is 0.260 e. The maximum absolute atomic E-state index is 12.6. The molecule has 0 heterocycles. The van der Waals surface area contributed by atoms with Gasteiger partial charge in [0.2, 0.25) is 0 Å². The van der Waals surface area contributed by atoms with Crippen LogP contribution in [-0.4, -0.2) is 30.5 Å². The molecule has 0 bridgehead atoms. The van der Waals surface area contributed by atoms with E-state index in [0.717, 1.165) is 6.42 Å². The topological polar surface area (TPSA) is 53.3 Å². The number of rotatable bonds is 8. The predicted molar refractivity (Wildman–Crippen MR) is 108 cm³/mol. The summed E-state index contributed by atoms with van der Waals surface area (Å²) in [5.74, 6) is 0.584. The molecule has 0 aliphatic heterocycles. The average molecular weight is 364 g/mol. The van der Waals surface area contributed by atoms with Crippen LogP contribution in [0.3, 0.4) is 0 Å². The van der Waals surface area contributed by atoms with Crippen molar-refractivity contribution < 1.29 is 9.53 Å². The summed E-state index contributed by atoms with van der Waals surface area (Å²) in [5.41, 5.74) is 2.48. The minimum absolute atomic E-state index is 0.0188. The van der Waals surface area contributed by atoms with Crippen molar-refractivity contribution in [3.63, 3.8) is 0 Å². The molecule has 27 heavy (non-hydrogen) atoms. The molecule has 4 nitrogen and oxygen atoms in total.